The Labute approximate surface area is 168 Å². The third kappa shape index (κ3) is 4.90. The second-order valence-electron chi connectivity index (χ2n) is 6.45. The summed E-state index contributed by atoms with van der Waals surface area (Å²) in [6, 6.07) is 28.1. The van der Waals surface area contributed by atoms with Crippen molar-refractivity contribution in [2.24, 2.45) is 5.10 Å². The molecule has 1 aromatic heterocycles. The number of anilines is 1. The summed E-state index contributed by atoms with van der Waals surface area (Å²) in [6.07, 6.45) is 2.49. The van der Waals surface area contributed by atoms with Gasteiger partial charge in [0.05, 0.1) is 11.4 Å². The highest BCUT2D eigenvalue weighted by Crippen LogP contribution is 2.25. The van der Waals surface area contributed by atoms with Gasteiger partial charge in [0.2, 0.25) is 5.95 Å². The van der Waals surface area contributed by atoms with E-state index in [9.17, 15) is 4.39 Å². The van der Waals surface area contributed by atoms with Gasteiger partial charge >= 0.3 is 0 Å². The molecule has 0 unspecified atom stereocenters. The molecule has 0 saturated carbocycles. The number of nitrogens with zero attached hydrogens (tertiary/aromatic N) is 3. The predicted octanol–water partition coefficient (Wildman–Crippen LogP) is 5.59. The normalized spacial score (nSPS) is 10.9. The summed E-state index contributed by atoms with van der Waals surface area (Å²) in [6.45, 7) is 0. The summed E-state index contributed by atoms with van der Waals surface area (Å²) < 4.78 is 13.3. The molecular weight excluding hydrogens is 363 g/mol. The van der Waals surface area contributed by atoms with Crippen molar-refractivity contribution in [3.63, 3.8) is 0 Å². The lowest BCUT2D eigenvalue weighted by atomic mass is 10.1. The van der Waals surface area contributed by atoms with Crippen LogP contribution in [0.5, 0.6) is 0 Å². The molecule has 0 bridgehead atoms. The van der Waals surface area contributed by atoms with E-state index in [1.165, 1.54) is 17.7 Å². The topological polar surface area (TPSA) is 50.2 Å². The summed E-state index contributed by atoms with van der Waals surface area (Å²) in [7, 11) is 0. The number of rotatable bonds is 6. The standard InChI is InChI=1S/C24H19FN4/c25-21-13-11-20(12-14-21)23-17-22(19-9-5-2-6-10-19)27-24(28-23)29-26-16-15-18-7-3-1-4-8-18/h1-14,16-17H,15H2,(H,27,28,29). The fourth-order valence-corrected chi connectivity index (χ4v) is 2.89. The molecule has 0 radical (unpaired) electrons. The minimum atomic E-state index is -0.282. The number of hydrogen-bond acceptors (Lipinski definition) is 4. The van der Waals surface area contributed by atoms with Crippen molar-refractivity contribution in [2.45, 2.75) is 6.42 Å². The van der Waals surface area contributed by atoms with Gasteiger partial charge in [0.15, 0.2) is 0 Å². The Bertz CT molecular complexity index is 1090. The molecule has 4 nitrogen and oxygen atoms in total. The minimum absolute atomic E-state index is 0.282. The largest absolute Gasteiger partial charge is 0.245 e. The first kappa shape index (κ1) is 18.5. The molecular formula is C24H19FN4. The van der Waals surface area contributed by atoms with Crippen LogP contribution >= 0.6 is 0 Å². The third-order valence-corrected chi connectivity index (χ3v) is 4.36. The van der Waals surface area contributed by atoms with E-state index < -0.39 is 0 Å². The first-order valence-corrected chi connectivity index (χ1v) is 9.30. The van der Waals surface area contributed by atoms with E-state index in [4.69, 9.17) is 0 Å². The minimum Gasteiger partial charge on any atom is -0.245 e. The first-order chi connectivity index (χ1) is 14.3. The van der Waals surface area contributed by atoms with Crippen molar-refractivity contribution in [3.8, 4) is 22.5 Å². The van der Waals surface area contributed by atoms with E-state index in [0.717, 1.165) is 16.8 Å². The molecule has 142 valence electrons. The molecule has 5 heteroatoms. The average Bonchev–Trinajstić information content (AvgIpc) is 2.78. The molecule has 0 spiro atoms. The lowest BCUT2D eigenvalue weighted by Crippen LogP contribution is -2.00. The van der Waals surface area contributed by atoms with Crippen LogP contribution in [-0.2, 0) is 6.42 Å². The number of nitrogens with one attached hydrogen (secondary N) is 1. The van der Waals surface area contributed by atoms with Crippen LogP contribution in [0.1, 0.15) is 5.56 Å². The lowest BCUT2D eigenvalue weighted by molar-refractivity contribution is 0.628. The smallest absolute Gasteiger partial charge is 0.244 e. The molecule has 0 fully saturated rings. The van der Waals surface area contributed by atoms with Crippen molar-refractivity contribution < 1.29 is 4.39 Å². The van der Waals surface area contributed by atoms with Crippen LogP contribution in [0.15, 0.2) is 96.1 Å². The van der Waals surface area contributed by atoms with Crippen LogP contribution in [-0.4, -0.2) is 16.2 Å². The Hall–Kier alpha value is -3.86. The number of halogens is 1. The van der Waals surface area contributed by atoms with Crippen molar-refractivity contribution in [3.05, 3.63) is 102 Å². The van der Waals surface area contributed by atoms with Crippen LogP contribution in [0.2, 0.25) is 0 Å². The zero-order chi connectivity index (χ0) is 19.9. The SMILES string of the molecule is Fc1ccc(-c2cc(-c3ccccc3)nc(NN=CCc3ccccc3)n2)cc1. The first-order valence-electron chi connectivity index (χ1n) is 9.30. The Kier molecular flexibility index (Phi) is 5.67. The molecule has 0 aliphatic rings. The molecule has 0 amide bonds. The van der Waals surface area contributed by atoms with Crippen LogP contribution in [0.3, 0.4) is 0 Å². The van der Waals surface area contributed by atoms with E-state index in [1.54, 1.807) is 18.3 Å². The van der Waals surface area contributed by atoms with E-state index in [1.807, 2.05) is 66.7 Å². The van der Waals surface area contributed by atoms with Gasteiger partial charge in [0, 0.05) is 23.8 Å². The summed E-state index contributed by atoms with van der Waals surface area (Å²) in [5.74, 6) is 0.102. The summed E-state index contributed by atoms with van der Waals surface area (Å²) in [4.78, 5) is 9.13. The molecule has 3 aromatic carbocycles. The zero-order valence-corrected chi connectivity index (χ0v) is 15.7. The van der Waals surface area contributed by atoms with Gasteiger partial charge < -0.3 is 0 Å². The fraction of sp³-hybridized carbons (Fsp3) is 0.0417. The van der Waals surface area contributed by atoms with E-state index in [2.05, 4.69) is 20.5 Å². The van der Waals surface area contributed by atoms with Gasteiger partial charge in [-0.05, 0) is 35.9 Å². The van der Waals surface area contributed by atoms with Crippen LogP contribution in [0.4, 0.5) is 10.3 Å². The second-order valence-corrected chi connectivity index (χ2v) is 6.45. The quantitative estimate of drug-likeness (QED) is 0.349. The van der Waals surface area contributed by atoms with Gasteiger partial charge in [-0.25, -0.2) is 19.8 Å². The van der Waals surface area contributed by atoms with E-state index in [0.29, 0.717) is 18.1 Å². The second kappa shape index (κ2) is 8.89. The number of benzene rings is 3. The molecule has 4 rings (SSSR count). The zero-order valence-electron chi connectivity index (χ0n) is 15.7. The highest BCUT2D eigenvalue weighted by molar-refractivity contribution is 5.70. The summed E-state index contributed by atoms with van der Waals surface area (Å²) >= 11 is 0. The Balaban J connectivity index is 1.61. The summed E-state index contributed by atoms with van der Waals surface area (Å²) in [5.41, 5.74) is 7.32. The molecule has 0 saturated heterocycles. The number of aromatic nitrogens is 2. The maximum atomic E-state index is 13.3. The van der Waals surface area contributed by atoms with Crippen molar-refractivity contribution in [1.29, 1.82) is 0 Å². The summed E-state index contributed by atoms with van der Waals surface area (Å²) in [5, 5.41) is 4.26. The van der Waals surface area contributed by atoms with Crippen LogP contribution in [0.25, 0.3) is 22.5 Å². The van der Waals surface area contributed by atoms with Gasteiger partial charge in [0.25, 0.3) is 0 Å². The third-order valence-electron chi connectivity index (χ3n) is 4.36. The molecule has 0 aliphatic heterocycles. The molecule has 1 N–H and O–H groups in total. The Morgan fingerprint density at radius 3 is 2.00 bits per heavy atom. The monoisotopic (exact) mass is 382 g/mol. The number of hydrogen-bond donors (Lipinski definition) is 1. The van der Waals surface area contributed by atoms with Crippen molar-refractivity contribution in [1.82, 2.24) is 9.97 Å². The Morgan fingerprint density at radius 1 is 0.759 bits per heavy atom. The van der Waals surface area contributed by atoms with Gasteiger partial charge in [-0.1, -0.05) is 60.7 Å². The highest BCUT2D eigenvalue weighted by Gasteiger charge is 2.08. The lowest BCUT2D eigenvalue weighted by Gasteiger charge is -2.08. The van der Waals surface area contributed by atoms with Crippen molar-refractivity contribution in [2.75, 3.05) is 5.43 Å². The molecule has 0 atom stereocenters. The number of hydrazone groups is 1. The van der Waals surface area contributed by atoms with E-state index in [-0.39, 0.29) is 5.82 Å². The van der Waals surface area contributed by atoms with Gasteiger partial charge in [0.1, 0.15) is 5.82 Å². The van der Waals surface area contributed by atoms with Gasteiger partial charge in [-0.3, -0.25) is 0 Å². The predicted molar refractivity (Wildman–Crippen MR) is 115 cm³/mol. The maximum absolute atomic E-state index is 13.3. The highest BCUT2D eigenvalue weighted by atomic mass is 19.1. The fourth-order valence-electron chi connectivity index (χ4n) is 2.89. The van der Waals surface area contributed by atoms with Gasteiger partial charge in [-0.2, -0.15) is 5.10 Å². The maximum Gasteiger partial charge on any atom is 0.244 e. The molecule has 1 heterocycles. The average molecular weight is 382 g/mol. The van der Waals surface area contributed by atoms with E-state index >= 15 is 0 Å². The molecule has 29 heavy (non-hydrogen) atoms. The van der Waals surface area contributed by atoms with Crippen LogP contribution in [0, 0.1) is 5.82 Å². The van der Waals surface area contributed by atoms with Crippen molar-refractivity contribution >= 4 is 12.2 Å². The molecule has 4 aromatic rings. The Morgan fingerprint density at radius 2 is 1.34 bits per heavy atom. The van der Waals surface area contributed by atoms with Gasteiger partial charge in [-0.15, -0.1) is 0 Å². The van der Waals surface area contributed by atoms with Crippen LogP contribution < -0.4 is 5.43 Å². The molecule has 0 aliphatic carbocycles.